The zero-order chi connectivity index (χ0) is 26.3. The maximum absolute atomic E-state index is 13.2. The van der Waals surface area contributed by atoms with E-state index in [1.54, 1.807) is 36.4 Å². The van der Waals surface area contributed by atoms with Gasteiger partial charge in [0.1, 0.15) is 17.5 Å². The molecule has 2 aromatic carbocycles. The SMILES string of the molecule is Cc1ccc(NC(=O)COc2ccc([C@H]3c4sc(=O)[nH]c4SC4C(=O)N(CC(=O)O)C(=O)C43)cc2)cc1. The molecule has 3 amide bonds. The molecule has 0 spiro atoms. The molecular weight excluding hydrogens is 518 g/mol. The number of anilines is 1. The van der Waals surface area contributed by atoms with Crippen LogP contribution in [0.25, 0.3) is 0 Å². The minimum Gasteiger partial charge on any atom is -0.484 e. The highest BCUT2D eigenvalue weighted by atomic mass is 32.2. The van der Waals surface area contributed by atoms with Crippen molar-refractivity contribution in [2.75, 3.05) is 18.5 Å². The summed E-state index contributed by atoms with van der Waals surface area (Å²) in [6.45, 7) is 1.03. The van der Waals surface area contributed by atoms with Crippen molar-refractivity contribution >= 4 is 52.5 Å². The molecule has 3 aromatic rings. The Kier molecular flexibility index (Phi) is 6.61. The molecule has 0 bridgehead atoms. The Morgan fingerprint density at radius 3 is 2.43 bits per heavy atom. The van der Waals surface area contributed by atoms with Crippen LogP contribution in [-0.2, 0) is 19.2 Å². The Morgan fingerprint density at radius 1 is 1.05 bits per heavy atom. The molecule has 0 radical (unpaired) electrons. The molecule has 12 heteroatoms. The zero-order valence-electron chi connectivity index (χ0n) is 19.4. The lowest BCUT2D eigenvalue weighted by molar-refractivity contribution is -0.149. The summed E-state index contributed by atoms with van der Waals surface area (Å²) in [6.07, 6.45) is 0. The second-order valence-electron chi connectivity index (χ2n) is 8.68. The summed E-state index contributed by atoms with van der Waals surface area (Å²) in [5.74, 6) is -3.79. The van der Waals surface area contributed by atoms with Crippen molar-refractivity contribution in [1.29, 1.82) is 0 Å². The average molecular weight is 540 g/mol. The first kappa shape index (κ1) is 24.8. The van der Waals surface area contributed by atoms with Crippen LogP contribution < -0.4 is 14.9 Å². The third kappa shape index (κ3) is 4.89. The summed E-state index contributed by atoms with van der Waals surface area (Å²) >= 11 is 2.05. The second kappa shape index (κ2) is 9.87. The average Bonchev–Trinajstić information content (AvgIpc) is 3.35. The van der Waals surface area contributed by atoms with Gasteiger partial charge in [0, 0.05) is 16.5 Å². The number of hydrogen-bond acceptors (Lipinski definition) is 8. The fourth-order valence-electron chi connectivity index (χ4n) is 4.48. The quantitative estimate of drug-likeness (QED) is 0.388. The van der Waals surface area contributed by atoms with Crippen LogP contribution in [0, 0.1) is 12.8 Å². The third-order valence-electron chi connectivity index (χ3n) is 6.15. The van der Waals surface area contributed by atoms with E-state index in [0.717, 1.165) is 33.6 Å². The van der Waals surface area contributed by atoms with E-state index in [9.17, 15) is 24.0 Å². The molecule has 1 saturated heterocycles. The number of aromatic nitrogens is 1. The number of carboxylic acids is 1. The zero-order valence-corrected chi connectivity index (χ0v) is 21.1. The van der Waals surface area contributed by atoms with E-state index in [0.29, 0.717) is 26.9 Å². The highest BCUT2D eigenvalue weighted by molar-refractivity contribution is 8.00. The maximum Gasteiger partial charge on any atom is 0.323 e. The number of ether oxygens (including phenoxy) is 1. The largest absolute Gasteiger partial charge is 0.484 e. The smallest absolute Gasteiger partial charge is 0.323 e. The Morgan fingerprint density at radius 2 is 1.76 bits per heavy atom. The first-order valence-electron chi connectivity index (χ1n) is 11.3. The van der Waals surface area contributed by atoms with Crippen molar-refractivity contribution in [3.63, 3.8) is 0 Å². The van der Waals surface area contributed by atoms with Gasteiger partial charge in [0.15, 0.2) is 6.61 Å². The Balaban J connectivity index is 1.35. The highest BCUT2D eigenvalue weighted by Gasteiger charge is 2.56. The molecule has 2 aliphatic rings. The molecule has 10 nitrogen and oxygen atoms in total. The summed E-state index contributed by atoms with van der Waals surface area (Å²) in [4.78, 5) is 65.5. The second-order valence-corrected chi connectivity index (χ2v) is 10.8. The van der Waals surface area contributed by atoms with Gasteiger partial charge in [0.05, 0.1) is 10.9 Å². The fourth-order valence-corrected chi connectivity index (χ4v) is 7.02. The van der Waals surface area contributed by atoms with Crippen molar-refractivity contribution in [3.8, 4) is 5.75 Å². The van der Waals surface area contributed by atoms with Gasteiger partial charge in [-0.15, -0.1) is 0 Å². The van der Waals surface area contributed by atoms with Crippen LogP contribution in [0.1, 0.15) is 21.9 Å². The van der Waals surface area contributed by atoms with E-state index in [1.165, 1.54) is 0 Å². The van der Waals surface area contributed by atoms with Crippen LogP contribution in [0.3, 0.4) is 0 Å². The molecule has 3 N–H and O–H groups in total. The molecule has 1 aromatic heterocycles. The maximum atomic E-state index is 13.2. The summed E-state index contributed by atoms with van der Waals surface area (Å²) in [7, 11) is 0. The molecule has 3 heterocycles. The van der Waals surface area contributed by atoms with Crippen LogP contribution in [0.4, 0.5) is 5.69 Å². The van der Waals surface area contributed by atoms with Gasteiger partial charge in [-0.05, 0) is 36.8 Å². The number of nitrogens with zero attached hydrogens (tertiary/aromatic N) is 1. The number of nitrogens with one attached hydrogen (secondary N) is 2. The first-order chi connectivity index (χ1) is 17.7. The van der Waals surface area contributed by atoms with Gasteiger partial charge >= 0.3 is 10.8 Å². The van der Waals surface area contributed by atoms with Crippen molar-refractivity contribution in [2.45, 2.75) is 23.1 Å². The van der Waals surface area contributed by atoms with Gasteiger partial charge in [0.25, 0.3) is 5.91 Å². The molecule has 5 rings (SSSR count). The van der Waals surface area contributed by atoms with Crippen LogP contribution in [0.15, 0.2) is 58.4 Å². The molecule has 3 atom stereocenters. The number of imide groups is 1. The number of fused-ring (bicyclic) bond motifs is 2. The number of carbonyl (C=O) groups is 4. The van der Waals surface area contributed by atoms with E-state index in [1.807, 2.05) is 19.1 Å². The predicted octanol–water partition coefficient (Wildman–Crippen LogP) is 2.44. The number of aromatic amines is 1. The summed E-state index contributed by atoms with van der Waals surface area (Å²) in [5, 5.41) is 11.6. The number of hydrogen-bond donors (Lipinski definition) is 3. The van der Waals surface area contributed by atoms with Crippen molar-refractivity contribution in [3.05, 3.63) is 74.2 Å². The molecule has 1 fully saturated rings. The van der Waals surface area contributed by atoms with Crippen LogP contribution in [0.2, 0.25) is 0 Å². The third-order valence-corrected chi connectivity index (χ3v) is 8.55. The summed E-state index contributed by atoms with van der Waals surface area (Å²) < 4.78 is 5.60. The lowest BCUT2D eigenvalue weighted by atomic mass is 9.83. The predicted molar refractivity (Wildman–Crippen MR) is 136 cm³/mol. The minimum atomic E-state index is -1.28. The number of carbonyl (C=O) groups excluding carboxylic acids is 3. The Hall–Kier alpha value is -3.90. The van der Waals surface area contributed by atoms with Gasteiger partial charge in [-0.25, -0.2) is 0 Å². The number of amides is 3. The Bertz CT molecular complexity index is 1450. The lowest BCUT2D eigenvalue weighted by Crippen LogP contribution is -2.36. The lowest BCUT2D eigenvalue weighted by Gasteiger charge is -2.29. The van der Waals surface area contributed by atoms with Gasteiger partial charge in [0.2, 0.25) is 11.8 Å². The number of aliphatic carboxylic acids is 1. The number of benzene rings is 2. The van der Waals surface area contributed by atoms with E-state index >= 15 is 0 Å². The van der Waals surface area contributed by atoms with Crippen molar-refractivity contribution in [2.24, 2.45) is 5.92 Å². The molecular formula is C25H21N3O7S2. The van der Waals surface area contributed by atoms with Gasteiger partial charge < -0.3 is 20.1 Å². The highest BCUT2D eigenvalue weighted by Crippen LogP contribution is 2.52. The van der Waals surface area contributed by atoms with Gasteiger partial charge in [-0.3, -0.25) is 28.9 Å². The van der Waals surface area contributed by atoms with Crippen LogP contribution in [0.5, 0.6) is 5.75 Å². The summed E-state index contributed by atoms with van der Waals surface area (Å²) in [5.41, 5.74) is 2.41. The molecule has 0 aliphatic carbocycles. The van der Waals surface area contributed by atoms with E-state index in [4.69, 9.17) is 9.84 Å². The molecule has 2 aliphatic heterocycles. The number of thiazole rings is 1. The Labute approximate surface area is 218 Å². The van der Waals surface area contributed by atoms with Crippen molar-refractivity contribution in [1.82, 2.24) is 9.88 Å². The van der Waals surface area contributed by atoms with E-state index in [-0.39, 0.29) is 17.4 Å². The number of H-pyrrole nitrogens is 1. The molecule has 190 valence electrons. The topological polar surface area (TPSA) is 146 Å². The van der Waals surface area contributed by atoms with E-state index in [2.05, 4.69) is 10.3 Å². The standard InChI is InChI=1S/C25H21N3O7S2/c1-12-2-6-14(7-3-12)26-16(29)11-35-15-8-4-13(5-9-15)18-19-21(36-22-20(18)37-25(34)27-22)24(33)28(23(19)32)10-17(30)31/h2-9,18-19,21H,10-11H2,1H3,(H,26,29)(H,27,34)(H,30,31)/t18-,19?,21?/m1/s1. The van der Waals surface area contributed by atoms with Crippen LogP contribution >= 0.6 is 23.1 Å². The molecule has 37 heavy (non-hydrogen) atoms. The number of rotatable bonds is 7. The number of likely N-dealkylation sites (tertiary alicyclic amines) is 1. The number of thioether (sulfide) groups is 1. The number of aryl methyl sites for hydroxylation is 1. The summed E-state index contributed by atoms with van der Waals surface area (Å²) in [6, 6.07) is 14.1. The van der Waals surface area contributed by atoms with Crippen LogP contribution in [-0.4, -0.2) is 57.1 Å². The first-order valence-corrected chi connectivity index (χ1v) is 13.0. The van der Waals surface area contributed by atoms with E-state index < -0.39 is 41.4 Å². The normalized spacial score (nSPS) is 20.4. The van der Waals surface area contributed by atoms with Gasteiger partial charge in [-0.2, -0.15) is 0 Å². The monoisotopic (exact) mass is 539 g/mol. The minimum absolute atomic E-state index is 0.210. The van der Waals surface area contributed by atoms with Crippen molar-refractivity contribution < 1.29 is 29.0 Å². The van der Waals surface area contributed by atoms with Gasteiger partial charge in [-0.1, -0.05) is 52.9 Å². The molecule has 2 unspecified atom stereocenters. The molecule has 0 saturated carbocycles. The number of carboxylic acid groups (broad SMARTS) is 1. The fraction of sp³-hybridized carbons (Fsp3) is 0.240.